The number of nitrogens with one attached hydrogen (secondary N) is 2. The van der Waals surface area contributed by atoms with Crippen molar-refractivity contribution in [3.05, 3.63) is 41.3 Å². The molecule has 0 spiro atoms. The number of hydrogen-bond donors (Lipinski definition) is 3. The van der Waals surface area contributed by atoms with Gasteiger partial charge in [0.15, 0.2) is 5.82 Å². The lowest BCUT2D eigenvalue weighted by molar-refractivity contribution is -0.137. The second kappa shape index (κ2) is 8.01. The number of H-pyrrole nitrogens is 1. The van der Waals surface area contributed by atoms with Gasteiger partial charge in [-0.2, -0.15) is 13.2 Å². The number of rotatable bonds is 6. The molecule has 3 aromatic rings. The lowest BCUT2D eigenvalue weighted by Gasteiger charge is -2.15. The number of halogens is 4. The molecule has 0 aliphatic carbocycles. The number of aliphatic hydroxyl groups is 1. The van der Waals surface area contributed by atoms with Crippen LogP contribution in [0.15, 0.2) is 24.4 Å². The summed E-state index contributed by atoms with van der Waals surface area (Å²) in [6.07, 6.45) is -3.45. The number of aliphatic hydroxyl groups excluding tert-OH is 1. The van der Waals surface area contributed by atoms with Crippen LogP contribution in [0, 0.1) is 5.82 Å². The van der Waals surface area contributed by atoms with Crippen molar-refractivity contribution in [2.24, 2.45) is 0 Å². The normalized spacial score (nSPS) is 13.5. The van der Waals surface area contributed by atoms with E-state index >= 15 is 4.39 Å². The number of aromatic amines is 1. The molecule has 28 heavy (non-hydrogen) atoms. The highest BCUT2D eigenvalue weighted by molar-refractivity contribution is 7.36. The van der Waals surface area contributed by atoms with Crippen LogP contribution in [0.4, 0.5) is 23.5 Å². The maximum atomic E-state index is 15.0. The van der Waals surface area contributed by atoms with E-state index in [1.165, 1.54) is 6.07 Å². The van der Waals surface area contributed by atoms with E-state index in [0.29, 0.717) is 26.5 Å². The van der Waals surface area contributed by atoms with Crippen LogP contribution in [-0.2, 0) is 12.3 Å². The molecule has 0 radical (unpaired) electrons. The molecule has 2 atom stereocenters. The summed E-state index contributed by atoms with van der Waals surface area (Å²) in [7, 11) is 0.573. The average Bonchev–Trinajstić information content (AvgIpc) is 2.99. The molecule has 0 aliphatic heterocycles. The van der Waals surface area contributed by atoms with E-state index < -0.39 is 29.3 Å². The van der Waals surface area contributed by atoms with Crippen LogP contribution in [0.5, 0.6) is 0 Å². The number of aromatic nitrogens is 3. The van der Waals surface area contributed by atoms with E-state index in [0.717, 1.165) is 5.56 Å². The highest BCUT2D eigenvalue weighted by Crippen LogP contribution is 2.39. The van der Waals surface area contributed by atoms with Gasteiger partial charge in [0.2, 0.25) is 5.95 Å². The first kappa shape index (κ1) is 20.5. The van der Waals surface area contributed by atoms with E-state index in [1.54, 1.807) is 13.0 Å². The number of fused-ring (bicyclic) bond motifs is 1. The predicted octanol–water partition coefficient (Wildman–Crippen LogP) is 4.38. The zero-order chi connectivity index (χ0) is 20.5. The van der Waals surface area contributed by atoms with Crippen LogP contribution in [0.2, 0.25) is 0 Å². The molecule has 3 N–H and O–H groups in total. The predicted molar refractivity (Wildman–Crippen MR) is 102 cm³/mol. The zero-order valence-electron chi connectivity index (χ0n) is 15.2. The molecule has 0 saturated carbocycles. The van der Waals surface area contributed by atoms with Gasteiger partial charge in [-0.25, -0.2) is 14.4 Å². The number of nitrogens with zero attached hydrogens (tertiary/aromatic N) is 2. The molecule has 0 fully saturated rings. The molecule has 2 unspecified atom stereocenters. The third kappa shape index (κ3) is 3.95. The van der Waals surface area contributed by atoms with Gasteiger partial charge in [0.05, 0.1) is 12.1 Å². The van der Waals surface area contributed by atoms with Crippen LogP contribution in [0.25, 0.3) is 22.3 Å². The van der Waals surface area contributed by atoms with Gasteiger partial charge in [-0.1, -0.05) is 12.1 Å². The lowest BCUT2D eigenvalue weighted by Crippen LogP contribution is -2.22. The molecule has 0 bridgehead atoms. The summed E-state index contributed by atoms with van der Waals surface area (Å²) in [6, 6.07) is 4.54. The summed E-state index contributed by atoms with van der Waals surface area (Å²) in [5.74, 6) is -0.917. The van der Waals surface area contributed by atoms with Gasteiger partial charge < -0.3 is 15.4 Å². The molecule has 150 valence electrons. The first-order chi connectivity index (χ1) is 13.3. The van der Waals surface area contributed by atoms with Crippen LogP contribution >= 0.6 is 8.58 Å². The fraction of sp³-hybridized carbons (Fsp3) is 0.333. The molecule has 2 aromatic heterocycles. The zero-order valence-corrected chi connectivity index (χ0v) is 16.2. The molecule has 0 amide bonds. The maximum Gasteiger partial charge on any atom is 0.420 e. The Morgan fingerprint density at radius 3 is 2.71 bits per heavy atom. The summed E-state index contributed by atoms with van der Waals surface area (Å²) in [6.45, 7) is 3.34. The van der Waals surface area contributed by atoms with E-state index in [1.807, 2.05) is 12.7 Å². The molecular weight excluding hydrogens is 395 g/mol. The topological polar surface area (TPSA) is 73.8 Å². The Labute approximate surface area is 160 Å². The van der Waals surface area contributed by atoms with Crippen LogP contribution in [0.1, 0.15) is 18.1 Å². The Hall–Kier alpha value is -2.25. The monoisotopic (exact) mass is 414 g/mol. The van der Waals surface area contributed by atoms with Crippen molar-refractivity contribution in [1.82, 2.24) is 15.0 Å². The third-order valence-electron chi connectivity index (χ3n) is 4.20. The third-order valence-corrected chi connectivity index (χ3v) is 4.94. The number of alkyl halides is 3. The standard InChI is InChI=1S/C18H19F4N4OP/c1-9(7-27)24-17-23-6-12(18(20,21)22)15(26-17)16-13(19)11-5-3-4-10(8-28-2)14(11)25-16/h3-6,9,25,27-28H,7-8H2,1-2H3,(H,23,24,26). The Kier molecular flexibility index (Phi) is 5.86. The molecule has 2 heterocycles. The van der Waals surface area contributed by atoms with Crippen molar-refractivity contribution in [3.63, 3.8) is 0 Å². The number of para-hydroxylation sites is 1. The summed E-state index contributed by atoms with van der Waals surface area (Å²) >= 11 is 0. The molecule has 5 nitrogen and oxygen atoms in total. The van der Waals surface area contributed by atoms with Gasteiger partial charge in [0.1, 0.15) is 17.0 Å². The van der Waals surface area contributed by atoms with Crippen molar-refractivity contribution >= 4 is 25.4 Å². The Balaban J connectivity index is 2.22. The SMILES string of the molecule is CPCc1cccc2c(F)c(-c3nc(NC(C)CO)ncc3C(F)(F)F)[nH]c12. The van der Waals surface area contributed by atoms with Gasteiger partial charge in [-0.3, -0.25) is 0 Å². The molecular formula is C18H19F4N4OP. The molecule has 0 saturated heterocycles. The highest BCUT2D eigenvalue weighted by atomic mass is 31.1. The number of benzene rings is 1. The van der Waals surface area contributed by atoms with Crippen LogP contribution in [-0.4, -0.2) is 39.4 Å². The molecule has 0 aliphatic rings. The second-order valence-electron chi connectivity index (χ2n) is 6.37. The largest absolute Gasteiger partial charge is 0.420 e. The van der Waals surface area contributed by atoms with E-state index in [2.05, 4.69) is 20.3 Å². The van der Waals surface area contributed by atoms with Gasteiger partial charge in [-0.05, 0) is 31.4 Å². The quantitative estimate of drug-likeness (QED) is 0.413. The minimum Gasteiger partial charge on any atom is -0.394 e. The first-order valence-corrected chi connectivity index (χ1v) is 10.2. The lowest BCUT2D eigenvalue weighted by atomic mass is 10.1. The number of hydrogen-bond acceptors (Lipinski definition) is 4. The summed E-state index contributed by atoms with van der Waals surface area (Å²) in [5, 5.41) is 12.0. The van der Waals surface area contributed by atoms with Crippen LogP contribution in [0.3, 0.4) is 0 Å². The smallest absolute Gasteiger partial charge is 0.394 e. The van der Waals surface area contributed by atoms with Crippen molar-refractivity contribution in [2.45, 2.75) is 25.3 Å². The van der Waals surface area contributed by atoms with Crippen LogP contribution < -0.4 is 5.32 Å². The fourth-order valence-electron chi connectivity index (χ4n) is 2.86. The fourth-order valence-corrected chi connectivity index (χ4v) is 3.54. The summed E-state index contributed by atoms with van der Waals surface area (Å²) in [4.78, 5) is 10.4. The van der Waals surface area contributed by atoms with Crippen molar-refractivity contribution in [3.8, 4) is 11.4 Å². The van der Waals surface area contributed by atoms with E-state index in [-0.39, 0.29) is 23.6 Å². The minimum atomic E-state index is -4.76. The first-order valence-electron chi connectivity index (χ1n) is 8.52. The summed E-state index contributed by atoms with van der Waals surface area (Å²) in [5.41, 5.74) is -0.753. The Morgan fingerprint density at radius 1 is 1.32 bits per heavy atom. The van der Waals surface area contributed by atoms with Crippen molar-refractivity contribution < 1.29 is 22.7 Å². The Morgan fingerprint density at radius 2 is 2.07 bits per heavy atom. The van der Waals surface area contributed by atoms with Gasteiger partial charge in [0, 0.05) is 17.6 Å². The van der Waals surface area contributed by atoms with Gasteiger partial charge in [0.25, 0.3) is 0 Å². The van der Waals surface area contributed by atoms with E-state index in [9.17, 15) is 13.2 Å². The van der Waals surface area contributed by atoms with Gasteiger partial charge >= 0.3 is 6.18 Å². The maximum absolute atomic E-state index is 15.0. The molecule has 10 heteroatoms. The number of anilines is 1. The van der Waals surface area contributed by atoms with Gasteiger partial charge in [-0.15, -0.1) is 8.58 Å². The minimum absolute atomic E-state index is 0.127. The van der Waals surface area contributed by atoms with Crippen molar-refractivity contribution in [2.75, 3.05) is 18.6 Å². The van der Waals surface area contributed by atoms with E-state index in [4.69, 9.17) is 5.11 Å². The average molecular weight is 414 g/mol. The summed E-state index contributed by atoms with van der Waals surface area (Å²) < 4.78 is 55.6. The van der Waals surface area contributed by atoms with Crippen molar-refractivity contribution in [1.29, 1.82) is 0 Å². The molecule has 3 rings (SSSR count). The highest BCUT2D eigenvalue weighted by Gasteiger charge is 2.37. The molecule has 1 aromatic carbocycles. The second-order valence-corrected chi connectivity index (χ2v) is 7.43. The Bertz CT molecular complexity index is 990.